The summed E-state index contributed by atoms with van der Waals surface area (Å²) >= 11 is 0. The topological polar surface area (TPSA) is 36.4 Å². The van der Waals surface area contributed by atoms with Crippen LogP contribution in [0.15, 0.2) is 17.1 Å². The van der Waals surface area contributed by atoms with Gasteiger partial charge >= 0.3 is 0 Å². The molecule has 3 heteroatoms. The first-order valence-corrected chi connectivity index (χ1v) is 9.41. The van der Waals surface area contributed by atoms with Gasteiger partial charge in [0.2, 0.25) is 0 Å². The van der Waals surface area contributed by atoms with Crippen LogP contribution in [0, 0.1) is 13.8 Å². The summed E-state index contributed by atoms with van der Waals surface area (Å²) < 4.78 is 0. The lowest BCUT2D eigenvalue weighted by Gasteiger charge is -2.40. The minimum atomic E-state index is 0.0617. The van der Waals surface area contributed by atoms with Crippen molar-refractivity contribution in [1.29, 1.82) is 0 Å². The van der Waals surface area contributed by atoms with Gasteiger partial charge in [0.15, 0.2) is 0 Å². The van der Waals surface area contributed by atoms with Crippen molar-refractivity contribution >= 4 is 17.2 Å². The second-order valence-corrected chi connectivity index (χ2v) is 7.79. The molecule has 3 nitrogen and oxygen atoms in total. The van der Waals surface area contributed by atoms with E-state index in [1.54, 1.807) is 0 Å². The van der Waals surface area contributed by atoms with Crippen molar-refractivity contribution in [3.05, 3.63) is 23.3 Å². The number of aliphatic imine (C=N–C) groups is 1. The summed E-state index contributed by atoms with van der Waals surface area (Å²) in [7, 11) is 0. The summed E-state index contributed by atoms with van der Waals surface area (Å²) in [5.41, 5.74) is 5.24. The Labute approximate surface area is 140 Å². The molecule has 0 radical (unpaired) electrons. The van der Waals surface area contributed by atoms with E-state index in [9.17, 15) is 0 Å². The van der Waals surface area contributed by atoms with E-state index in [2.05, 4.69) is 36.6 Å². The summed E-state index contributed by atoms with van der Waals surface area (Å²) in [6.45, 7) is 4.39. The third-order valence-electron chi connectivity index (χ3n) is 6.06. The van der Waals surface area contributed by atoms with Crippen LogP contribution in [0.25, 0.3) is 0 Å². The van der Waals surface area contributed by atoms with Crippen molar-refractivity contribution in [2.75, 3.05) is 10.6 Å². The molecule has 1 heterocycles. The zero-order valence-corrected chi connectivity index (χ0v) is 14.5. The van der Waals surface area contributed by atoms with Crippen LogP contribution in [0.2, 0.25) is 0 Å². The first-order valence-electron chi connectivity index (χ1n) is 9.41. The SMILES string of the molecule is Cc1cc2c(cc1C)NC1(CCCC1)C(=NC1CCCCC1)N2. The first kappa shape index (κ1) is 15.0. The molecule has 124 valence electrons. The molecule has 2 saturated carbocycles. The molecule has 3 aliphatic rings. The molecule has 0 atom stereocenters. The van der Waals surface area contributed by atoms with E-state index >= 15 is 0 Å². The van der Waals surface area contributed by atoms with Crippen molar-refractivity contribution in [1.82, 2.24) is 0 Å². The van der Waals surface area contributed by atoms with Crippen LogP contribution < -0.4 is 10.6 Å². The van der Waals surface area contributed by atoms with E-state index in [1.807, 2.05) is 0 Å². The number of amidine groups is 1. The Morgan fingerprint density at radius 2 is 1.57 bits per heavy atom. The van der Waals surface area contributed by atoms with Crippen LogP contribution >= 0.6 is 0 Å². The lowest BCUT2D eigenvalue weighted by Crippen LogP contribution is -2.51. The van der Waals surface area contributed by atoms with Crippen LogP contribution in [0.4, 0.5) is 11.4 Å². The number of rotatable bonds is 1. The van der Waals surface area contributed by atoms with Gasteiger partial charge in [-0.25, -0.2) is 0 Å². The standard InChI is InChI=1S/C20H29N3/c1-14-12-17-18(13-15(14)2)23-20(10-6-7-11-20)19(22-17)21-16-8-4-3-5-9-16/h12-13,16,23H,3-11H2,1-2H3,(H,21,22). The molecule has 0 unspecified atom stereocenters. The molecule has 0 aromatic heterocycles. The Morgan fingerprint density at radius 3 is 2.26 bits per heavy atom. The Bertz CT molecular complexity index is 620. The van der Waals surface area contributed by atoms with E-state index in [0.717, 1.165) is 0 Å². The maximum atomic E-state index is 5.22. The predicted octanol–water partition coefficient (Wildman–Crippen LogP) is 5.18. The highest BCUT2D eigenvalue weighted by atomic mass is 15.2. The number of nitrogens with zero attached hydrogens (tertiary/aromatic N) is 1. The predicted molar refractivity (Wildman–Crippen MR) is 98.7 cm³/mol. The molecule has 1 spiro atoms. The van der Waals surface area contributed by atoms with Gasteiger partial charge in [0.25, 0.3) is 0 Å². The van der Waals surface area contributed by atoms with Crippen molar-refractivity contribution in [3.63, 3.8) is 0 Å². The van der Waals surface area contributed by atoms with Gasteiger partial charge in [-0.3, -0.25) is 4.99 Å². The Hall–Kier alpha value is -1.51. The van der Waals surface area contributed by atoms with Gasteiger partial charge in [-0.15, -0.1) is 0 Å². The molecular weight excluding hydrogens is 282 g/mol. The number of fused-ring (bicyclic) bond motifs is 1. The Kier molecular flexibility index (Phi) is 3.82. The normalized spacial score (nSPS) is 25.2. The largest absolute Gasteiger partial charge is 0.371 e. The average Bonchev–Trinajstić information content (AvgIpc) is 3.01. The summed E-state index contributed by atoms with van der Waals surface area (Å²) in [6, 6.07) is 5.10. The molecule has 0 bridgehead atoms. The van der Waals surface area contributed by atoms with Crippen molar-refractivity contribution in [2.45, 2.75) is 83.2 Å². The van der Waals surface area contributed by atoms with Crippen LogP contribution in [-0.2, 0) is 0 Å². The first-order chi connectivity index (χ1) is 11.2. The minimum absolute atomic E-state index is 0.0617. The second kappa shape index (κ2) is 5.85. The van der Waals surface area contributed by atoms with Gasteiger partial charge in [-0.1, -0.05) is 32.1 Å². The number of benzene rings is 1. The molecule has 4 rings (SSSR count). The van der Waals surface area contributed by atoms with Gasteiger partial charge in [0.05, 0.1) is 23.0 Å². The lowest BCUT2D eigenvalue weighted by molar-refractivity contribution is 0.440. The number of hydrogen-bond donors (Lipinski definition) is 2. The van der Waals surface area contributed by atoms with E-state index in [4.69, 9.17) is 4.99 Å². The number of hydrogen-bond acceptors (Lipinski definition) is 2. The zero-order valence-electron chi connectivity index (χ0n) is 14.5. The van der Waals surface area contributed by atoms with Crippen LogP contribution in [-0.4, -0.2) is 17.4 Å². The summed E-state index contributed by atoms with van der Waals surface area (Å²) in [5.74, 6) is 1.22. The maximum absolute atomic E-state index is 5.22. The van der Waals surface area contributed by atoms with E-state index in [1.165, 1.54) is 86.1 Å². The average molecular weight is 311 g/mol. The molecule has 0 amide bonds. The van der Waals surface area contributed by atoms with Gasteiger partial charge in [-0.05, 0) is 62.8 Å². The monoisotopic (exact) mass is 311 g/mol. The van der Waals surface area contributed by atoms with Gasteiger partial charge in [0, 0.05) is 0 Å². The molecule has 2 aliphatic carbocycles. The summed E-state index contributed by atoms with van der Waals surface area (Å²) in [5, 5.41) is 7.62. The highest BCUT2D eigenvalue weighted by Gasteiger charge is 2.42. The minimum Gasteiger partial charge on any atom is -0.371 e. The molecule has 23 heavy (non-hydrogen) atoms. The zero-order chi connectivity index (χ0) is 15.9. The molecular formula is C20H29N3. The number of anilines is 2. The highest BCUT2D eigenvalue weighted by Crippen LogP contribution is 2.42. The van der Waals surface area contributed by atoms with Crippen molar-refractivity contribution < 1.29 is 0 Å². The smallest absolute Gasteiger partial charge is 0.127 e. The summed E-state index contributed by atoms with van der Waals surface area (Å²) in [6.07, 6.45) is 11.6. The second-order valence-electron chi connectivity index (χ2n) is 7.79. The molecule has 1 aliphatic heterocycles. The van der Waals surface area contributed by atoms with E-state index in [-0.39, 0.29) is 5.54 Å². The van der Waals surface area contributed by atoms with Gasteiger partial charge in [0.1, 0.15) is 5.84 Å². The molecule has 1 aromatic rings. The van der Waals surface area contributed by atoms with E-state index < -0.39 is 0 Å². The third kappa shape index (κ3) is 2.75. The van der Waals surface area contributed by atoms with E-state index in [0.29, 0.717) is 6.04 Å². The maximum Gasteiger partial charge on any atom is 0.127 e. The van der Waals surface area contributed by atoms with Gasteiger partial charge < -0.3 is 10.6 Å². The van der Waals surface area contributed by atoms with Gasteiger partial charge in [-0.2, -0.15) is 0 Å². The molecule has 2 fully saturated rings. The molecule has 2 N–H and O–H groups in total. The Morgan fingerprint density at radius 1 is 0.913 bits per heavy atom. The third-order valence-corrected chi connectivity index (χ3v) is 6.06. The number of nitrogens with one attached hydrogen (secondary N) is 2. The van der Waals surface area contributed by atoms with Crippen LogP contribution in [0.5, 0.6) is 0 Å². The Balaban J connectivity index is 1.71. The lowest BCUT2D eigenvalue weighted by atomic mass is 9.90. The fourth-order valence-corrected chi connectivity index (χ4v) is 4.48. The molecule has 0 saturated heterocycles. The van der Waals surface area contributed by atoms with Crippen LogP contribution in [0.3, 0.4) is 0 Å². The van der Waals surface area contributed by atoms with Crippen LogP contribution in [0.1, 0.15) is 68.9 Å². The fraction of sp³-hybridized carbons (Fsp3) is 0.650. The quantitative estimate of drug-likeness (QED) is 0.749. The fourth-order valence-electron chi connectivity index (χ4n) is 4.48. The number of aryl methyl sites for hydroxylation is 2. The molecule has 1 aromatic carbocycles. The summed E-state index contributed by atoms with van der Waals surface area (Å²) in [4.78, 5) is 5.22. The van der Waals surface area contributed by atoms with Crippen molar-refractivity contribution in [2.24, 2.45) is 4.99 Å². The highest BCUT2D eigenvalue weighted by molar-refractivity contribution is 6.09. The van der Waals surface area contributed by atoms with Crippen molar-refractivity contribution in [3.8, 4) is 0 Å².